The summed E-state index contributed by atoms with van der Waals surface area (Å²) in [6.07, 6.45) is 5.08. The summed E-state index contributed by atoms with van der Waals surface area (Å²) < 4.78 is 0. The van der Waals surface area contributed by atoms with Crippen LogP contribution >= 0.6 is 12.4 Å². The number of H-pyrrole nitrogens is 1. The minimum atomic E-state index is 0. The van der Waals surface area contributed by atoms with E-state index in [1.54, 1.807) is 18.7 Å². The average molecular weight is 129 g/mol. The first kappa shape index (κ1) is 10.5. The van der Waals surface area contributed by atoms with Crippen molar-refractivity contribution in [3.63, 3.8) is 0 Å². The first-order chi connectivity index (χ1) is 2.50. The number of hydrogen-bond acceptors (Lipinski definition) is 1. The van der Waals surface area contributed by atoms with Crippen LogP contribution in [0.4, 0.5) is 0 Å². The van der Waals surface area contributed by atoms with E-state index >= 15 is 0 Å². The summed E-state index contributed by atoms with van der Waals surface area (Å²) in [5.41, 5.74) is 0. The van der Waals surface area contributed by atoms with Crippen molar-refractivity contribution < 1.29 is 31.0 Å². The molecule has 0 aromatic carbocycles. The van der Waals surface area contributed by atoms with Gasteiger partial charge in [-0.1, -0.05) is 0 Å². The third kappa shape index (κ3) is 4.35. The van der Waals surface area contributed by atoms with E-state index in [-0.39, 0.29) is 43.4 Å². The third-order valence-corrected chi connectivity index (χ3v) is 0.406. The quantitative estimate of drug-likeness (QED) is 0.401. The molecule has 0 atom stereocenters. The van der Waals surface area contributed by atoms with Crippen molar-refractivity contribution >= 4 is 12.4 Å². The minimum Gasteiger partial charge on any atom is -1.00 e. The van der Waals surface area contributed by atoms with Crippen LogP contribution in [0.1, 0.15) is 1.43 Å². The summed E-state index contributed by atoms with van der Waals surface area (Å²) >= 11 is 0. The van der Waals surface area contributed by atoms with E-state index in [1.807, 2.05) is 0 Å². The van der Waals surface area contributed by atoms with Crippen LogP contribution in [0.5, 0.6) is 0 Å². The molecule has 0 aliphatic rings. The van der Waals surface area contributed by atoms with Crippen LogP contribution in [-0.2, 0) is 0 Å². The normalized spacial score (nSPS) is 5.71. The van der Waals surface area contributed by atoms with Crippen molar-refractivity contribution in [1.29, 1.82) is 0 Å². The topological polar surface area (TPSA) is 28.7 Å². The maximum atomic E-state index is 3.67. The van der Waals surface area contributed by atoms with Crippen molar-refractivity contribution in [1.82, 2.24) is 9.97 Å². The number of aromatic nitrogens is 2. The monoisotopic (exact) mass is 128 g/mol. The predicted molar refractivity (Wildman–Crippen MR) is 26.9 cm³/mol. The summed E-state index contributed by atoms with van der Waals surface area (Å²) in [6, 6.07) is 0. The second-order valence-corrected chi connectivity index (χ2v) is 0.761. The van der Waals surface area contributed by atoms with Crippen molar-refractivity contribution in [3.8, 4) is 0 Å². The molecule has 0 saturated heterocycles. The third-order valence-electron chi connectivity index (χ3n) is 0.406. The maximum absolute atomic E-state index is 3.67. The largest absolute Gasteiger partial charge is 1.00 e. The van der Waals surface area contributed by atoms with Crippen LogP contribution in [-0.4, -0.2) is 9.97 Å². The van der Waals surface area contributed by atoms with Crippen LogP contribution < -0.4 is 29.6 Å². The van der Waals surface area contributed by atoms with Gasteiger partial charge in [0.2, 0.25) is 0 Å². The molecule has 0 fully saturated rings. The van der Waals surface area contributed by atoms with Gasteiger partial charge in [-0.3, -0.25) is 0 Å². The summed E-state index contributed by atoms with van der Waals surface area (Å²) in [5.74, 6) is 0. The first-order valence-electron chi connectivity index (χ1n) is 1.43. The molecule has 0 aliphatic heterocycles. The molecule has 0 bridgehead atoms. The van der Waals surface area contributed by atoms with Gasteiger partial charge in [0.1, 0.15) is 0 Å². The molecule has 0 radical (unpaired) electrons. The second kappa shape index (κ2) is 6.50. The molecule has 0 saturated carbocycles. The van der Waals surface area contributed by atoms with Gasteiger partial charge in [-0.15, -0.1) is 12.4 Å². The SMILES string of the molecule is Cl.[H-].[Na+].c1c[nH]cn1. The van der Waals surface area contributed by atoms with E-state index in [9.17, 15) is 0 Å². The Morgan fingerprint density at radius 1 is 1.57 bits per heavy atom. The van der Waals surface area contributed by atoms with E-state index in [0.29, 0.717) is 0 Å². The molecule has 1 aromatic heterocycles. The van der Waals surface area contributed by atoms with Gasteiger partial charge in [0.05, 0.1) is 6.33 Å². The standard InChI is InChI=1S/C3H4N2.ClH.Na.H/c1-2-5-3-4-1;;;/h1-3H,(H,4,5);1H;;/q;;+1;-1. The van der Waals surface area contributed by atoms with Crippen LogP contribution in [0.3, 0.4) is 0 Å². The Bertz CT molecular complexity index is 73.8. The number of nitrogens with one attached hydrogen (secondary N) is 1. The number of aromatic amines is 1. The molecule has 2 nitrogen and oxygen atoms in total. The van der Waals surface area contributed by atoms with Crippen molar-refractivity contribution in [2.75, 3.05) is 0 Å². The van der Waals surface area contributed by atoms with E-state index in [0.717, 1.165) is 0 Å². The predicted octanol–water partition coefficient (Wildman–Crippen LogP) is -2.05. The van der Waals surface area contributed by atoms with Crippen LogP contribution in [0.15, 0.2) is 18.7 Å². The van der Waals surface area contributed by atoms with E-state index in [2.05, 4.69) is 9.97 Å². The van der Waals surface area contributed by atoms with Crippen LogP contribution in [0.25, 0.3) is 0 Å². The first-order valence-corrected chi connectivity index (χ1v) is 1.43. The molecule has 4 heteroatoms. The molecule has 1 rings (SSSR count). The van der Waals surface area contributed by atoms with Gasteiger partial charge in [-0.2, -0.15) is 0 Å². The Kier molecular flexibility index (Phi) is 9.73. The number of rotatable bonds is 0. The van der Waals surface area contributed by atoms with Crippen LogP contribution in [0.2, 0.25) is 0 Å². The zero-order valence-corrected chi connectivity index (χ0v) is 6.90. The van der Waals surface area contributed by atoms with Gasteiger partial charge in [-0.05, 0) is 0 Å². The van der Waals surface area contributed by atoms with E-state index in [4.69, 9.17) is 0 Å². The fourth-order valence-electron chi connectivity index (χ4n) is 0.215. The summed E-state index contributed by atoms with van der Waals surface area (Å²) in [6.45, 7) is 0. The molecule has 0 aliphatic carbocycles. The second-order valence-electron chi connectivity index (χ2n) is 0.761. The Morgan fingerprint density at radius 3 is 2.43 bits per heavy atom. The Labute approximate surface area is 71.9 Å². The maximum Gasteiger partial charge on any atom is 1.00 e. The van der Waals surface area contributed by atoms with Crippen molar-refractivity contribution in [2.24, 2.45) is 0 Å². The van der Waals surface area contributed by atoms with Gasteiger partial charge in [0, 0.05) is 12.4 Å². The molecule has 1 heterocycles. The number of imidazole rings is 1. The van der Waals surface area contributed by atoms with E-state index in [1.165, 1.54) is 0 Å². The summed E-state index contributed by atoms with van der Waals surface area (Å²) in [5, 5.41) is 0. The molecule has 7 heavy (non-hydrogen) atoms. The average Bonchev–Trinajstić information content (AvgIpc) is 1.76. The number of nitrogens with zero attached hydrogens (tertiary/aromatic N) is 1. The number of hydrogen-bond donors (Lipinski definition) is 1. The van der Waals surface area contributed by atoms with E-state index < -0.39 is 0 Å². The summed E-state index contributed by atoms with van der Waals surface area (Å²) in [4.78, 5) is 6.42. The minimum absolute atomic E-state index is 0. The molecule has 0 spiro atoms. The van der Waals surface area contributed by atoms with Gasteiger partial charge >= 0.3 is 29.6 Å². The van der Waals surface area contributed by atoms with Crippen LogP contribution in [0, 0.1) is 0 Å². The Morgan fingerprint density at radius 2 is 2.29 bits per heavy atom. The summed E-state index contributed by atoms with van der Waals surface area (Å²) in [7, 11) is 0. The Hall–Kier alpha value is 0.500. The molecular weight excluding hydrogens is 122 g/mol. The molecule has 0 amide bonds. The zero-order chi connectivity index (χ0) is 3.54. The smallest absolute Gasteiger partial charge is 1.00 e. The van der Waals surface area contributed by atoms with Gasteiger partial charge in [-0.25, -0.2) is 4.98 Å². The van der Waals surface area contributed by atoms with Crippen molar-refractivity contribution in [3.05, 3.63) is 18.7 Å². The molecule has 1 N–H and O–H groups in total. The van der Waals surface area contributed by atoms with Crippen molar-refractivity contribution in [2.45, 2.75) is 0 Å². The molecule has 1 aromatic rings. The fraction of sp³-hybridized carbons (Fsp3) is 0. The Balaban J connectivity index is -0.0000000833. The molecular formula is C3H6ClN2Na. The zero-order valence-electron chi connectivity index (χ0n) is 5.09. The molecule has 36 valence electrons. The molecule has 0 unspecified atom stereocenters. The fourth-order valence-corrected chi connectivity index (χ4v) is 0.215. The van der Waals surface area contributed by atoms with Gasteiger partial charge in [0.25, 0.3) is 0 Å². The van der Waals surface area contributed by atoms with Gasteiger partial charge < -0.3 is 6.41 Å². The van der Waals surface area contributed by atoms with Gasteiger partial charge in [0.15, 0.2) is 0 Å². The number of halogens is 1.